The van der Waals surface area contributed by atoms with Crippen LogP contribution < -0.4 is 0 Å². The van der Waals surface area contributed by atoms with Gasteiger partial charge in [-0.15, -0.1) is 0 Å². The predicted molar refractivity (Wildman–Crippen MR) is 25.2 cm³/mol. The van der Waals surface area contributed by atoms with Gasteiger partial charge in [0.15, 0.2) is 0 Å². The summed E-state index contributed by atoms with van der Waals surface area (Å²) < 4.78 is 22.2. The van der Waals surface area contributed by atoms with Crippen LogP contribution in [0.15, 0.2) is 0 Å². The molecule has 9 heteroatoms. The molecule has 0 aromatic heterocycles. The van der Waals surface area contributed by atoms with Gasteiger partial charge in [-0.3, -0.25) is 0 Å². The largest absolute Gasteiger partial charge is 0.478 e. The Kier molecular flexibility index (Phi) is 2.55. The van der Waals surface area contributed by atoms with Gasteiger partial charge >= 0.3 is 15.6 Å². The minimum atomic E-state index is -5.05. The monoisotopic (exact) mass is 192 g/mol. The SMILES string of the molecule is [18O]=P([18OH])([18OH])[18O]P(=[18O])([18OH])[18OH]. The van der Waals surface area contributed by atoms with Gasteiger partial charge in [0.05, 0.1) is 0 Å². The first-order valence-corrected chi connectivity index (χ1v) is 4.59. The van der Waals surface area contributed by atoms with E-state index in [0.717, 1.165) is 0 Å². The molecule has 0 aromatic carbocycles. The Balaban J connectivity index is 4.07. The lowest BCUT2D eigenvalue weighted by atomic mass is 17.7. The molecule has 0 unspecified atom stereocenters. The molecule has 0 atom stereocenters. The first-order valence-electron chi connectivity index (χ1n) is 1.53. The summed E-state index contributed by atoms with van der Waals surface area (Å²) in [6.45, 7) is 0. The molecule has 9 heavy (non-hydrogen) atoms. The van der Waals surface area contributed by atoms with Crippen LogP contribution in [0, 0.1) is 0 Å². The summed E-state index contributed by atoms with van der Waals surface area (Å²) in [7, 11) is -10.1. The van der Waals surface area contributed by atoms with Crippen molar-refractivity contribution in [1.82, 2.24) is 0 Å². The zero-order chi connectivity index (χ0) is 7.71. The van der Waals surface area contributed by atoms with Gasteiger partial charge in [0.1, 0.15) is 0 Å². The van der Waals surface area contributed by atoms with E-state index in [0.29, 0.717) is 0 Å². The first-order chi connectivity index (χ1) is 3.71. The fourth-order valence-corrected chi connectivity index (χ4v) is 1.25. The highest BCUT2D eigenvalue weighted by molar-refractivity contribution is 7.60. The maximum Gasteiger partial charge on any atom is 0.478 e. The Hall–Kier alpha value is 0.260. The summed E-state index contributed by atoms with van der Waals surface area (Å²) in [5.41, 5.74) is 0. The summed E-state index contributed by atoms with van der Waals surface area (Å²) in [5, 5.41) is 0. The Bertz CT molecular complexity index is 147. The zero-order valence-electron chi connectivity index (χ0n) is 3.91. The molecule has 56 valence electrons. The lowest BCUT2D eigenvalue weighted by Gasteiger charge is -2.03. The Morgan fingerprint density at radius 2 is 1.11 bits per heavy atom. The highest BCUT2D eigenvalue weighted by atomic mass is 31.3. The highest BCUT2D eigenvalue weighted by Gasteiger charge is 2.27. The second-order valence-corrected chi connectivity index (χ2v) is 3.68. The van der Waals surface area contributed by atoms with Crippen LogP contribution in [-0.2, 0) is 13.4 Å². The Labute approximate surface area is 49.8 Å². The third-order valence-electron chi connectivity index (χ3n) is 0.213. The number of hydrogen-bond acceptors (Lipinski definition) is 3. The third kappa shape index (κ3) is 8.26. The molecule has 0 aliphatic heterocycles. The van der Waals surface area contributed by atoms with E-state index in [2.05, 4.69) is 4.31 Å². The molecule has 7 nitrogen and oxygen atoms in total. The maximum absolute atomic E-state index is 9.63. The Morgan fingerprint density at radius 3 is 1.11 bits per heavy atom. The molecule has 0 amide bonds. The van der Waals surface area contributed by atoms with Crippen molar-refractivity contribution in [3.05, 3.63) is 0 Å². The maximum atomic E-state index is 9.63. The summed E-state index contributed by atoms with van der Waals surface area (Å²) >= 11 is 0. The summed E-state index contributed by atoms with van der Waals surface area (Å²) in [5.74, 6) is 0. The minimum Gasteiger partial charge on any atom is -0.302 e. The second-order valence-electron chi connectivity index (χ2n) is 1.06. The molecule has 0 radical (unpaired) electrons. The van der Waals surface area contributed by atoms with E-state index < -0.39 is 15.6 Å². The van der Waals surface area contributed by atoms with Gasteiger partial charge in [0.2, 0.25) is 0 Å². The van der Waals surface area contributed by atoms with Crippen LogP contribution in [0.2, 0.25) is 0 Å². The lowest BCUT2D eigenvalue weighted by Crippen LogP contribution is -1.84. The molecule has 0 rings (SSSR count). The van der Waals surface area contributed by atoms with Crippen molar-refractivity contribution < 1.29 is 33.0 Å². The van der Waals surface area contributed by atoms with Gasteiger partial charge in [0.25, 0.3) is 0 Å². The highest BCUT2D eigenvalue weighted by Crippen LogP contribution is 2.53. The third-order valence-corrected chi connectivity index (χ3v) is 1.91. The average Bonchev–Trinajstić information content (AvgIpc) is 1.14. The molecule has 0 aliphatic carbocycles. The molecule has 0 spiro atoms. The number of rotatable bonds is 2. The van der Waals surface area contributed by atoms with Crippen molar-refractivity contribution in [2.45, 2.75) is 0 Å². The predicted octanol–water partition coefficient (Wildman–Crippen LogP) is -0.812. The topological polar surface area (TPSA) is 124 Å². The van der Waals surface area contributed by atoms with Gasteiger partial charge in [-0.05, 0) is 0 Å². The van der Waals surface area contributed by atoms with Gasteiger partial charge in [0, 0.05) is 0 Å². The van der Waals surface area contributed by atoms with Crippen molar-refractivity contribution in [1.29, 1.82) is 0 Å². The van der Waals surface area contributed by atoms with Crippen LogP contribution in [0.1, 0.15) is 0 Å². The van der Waals surface area contributed by atoms with Crippen molar-refractivity contribution in [2.24, 2.45) is 0 Å². The van der Waals surface area contributed by atoms with E-state index in [4.69, 9.17) is 19.6 Å². The molecule has 0 saturated heterocycles. The standard InChI is InChI=1S/H4O7P2/c1-8(2,3)7-9(4,5)6/h(H2,1,2,3)(H2,4,5,6)/i1+2,2+2,3+2,4+2,5+2,6+2,7+2. The second kappa shape index (κ2) is 2.48. The van der Waals surface area contributed by atoms with E-state index in [1.165, 1.54) is 0 Å². The van der Waals surface area contributed by atoms with E-state index in [9.17, 15) is 9.13 Å². The Morgan fingerprint density at radius 1 is 0.889 bits per heavy atom. The van der Waals surface area contributed by atoms with Crippen LogP contribution >= 0.6 is 15.6 Å². The van der Waals surface area contributed by atoms with Crippen LogP contribution in [0.25, 0.3) is 0 Å². The normalized spacial score (nSPS) is 13.8. The molecule has 0 aliphatic rings. The fraction of sp³-hybridized carbons (Fsp3) is 0. The van der Waals surface area contributed by atoms with Crippen molar-refractivity contribution in [2.75, 3.05) is 0 Å². The molecule has 0 fully saturated rings. The van der Waals surface area contributed by atoms with Gasteiger partial charge in [-0.1, -0.05) is 0 Å². The summed E-state index contributed by atoms with van der Waals surface area (Å²) in [6, 6.07) is 0. The van der Waals surface area contributed by atoms with E-state index in [-0.39, 0.29) is 0 Å². The van der Waals surface area contributed by atoms with E-state index >= 15 is 0 Å². The minimum absolute atomic E-state index is 2.96. The van der Waals surface area contributed by atoms with Crippen LogP contribution in [-0.4, -0.2) is 19.6 Å². The summed E-state index contributed by atoms with van der Waals surface area (Å²) in [6.07, 6.45) is 0. The number of hydrogen-bond donors (Lipinski definition) is 4. The van der Waals surface area contributed by atoms with Gasteiger partial charge in [-0.25, -0.2) is 9.13 Å². The quantitative estimate of drug-likeness (QED) is 0.333. The first kappa shape index (κ1) is 9.26. The summed E-state index contributed by atoms with van der Waals surface area (Å²) in [4.78, 5) is 31.0. The van der Waals surface area contributed by atoms with Crippen LogP contribution in [0.5, 0.6) is 0 Å². The number of phosphoric acid groups is 2. The molecule has 0 saturated carbocycles. The lowest BCUT2D eigenvalue weighted by molar-refractivity contribution is 0.225. The molecule has 0 heterocycles. The molecule has 0 aromatic rings. The van der Waals surface area contributed by atoms with Crippen molar-refractivity contribution in [3.8, 4) is 0 Å². The smallest absolute Gasteiger partial charge is 0.302 e. The van der Waals surface area contributed by atoms with Crippen molar-refractivity contribution in [3.63, 3.8) is 0 Å². The average molecular weight is 192 g/mol. The molecule has 0 bridgehead atoms. The molecule has 4 N–H and O–H groups in total. The molecular formula is H4O7P2. The van der Waals surface area contributed by atoms with Crippen LogP contribution in [0.3, 0.4) is 0 Å². The molecular weight excluding hydrogens is 188 g/mol. The van der Waals surface area contributed by atoms with Crippen molar-refractivity contribution >= 4 is 15.6 Å². The van der Waals surface area contributed by atoms with Crippen LogP contribution in [0.4, 0.5) is 0 Å². The fourth-order valence-electron chi connectivity index (χ4n) is 0.139. The van der Waals surface area contributed by atoms with Gasteiger partial charge in [-0.2, -0.15) is 4.31 Å². The van der Waals surface area contributed by atoms with E-state index in [1.807, 2.05) is 0 Å². The van der Waals surface area contributed by atoms with E-state index in [1.54, 1.807) is 0 Å². The van der Waals surface area contributed by atoms with Gasteiger partial charge < -0.3 is 19.6 Å². The zero-order valence-corrected chi connectivity index (χ0v) is 5.70.